The molecule has 5 heteroatoms. The van der Waals surface area contributed by atoms with E-state index in [-0.39, 0.29) is 12.5 Å². The Morgan fingerprint density at radius 3 is 2.87 bits per heavy atom. The van der Waals surface area contributed by atoms with Gasteiger partial charge in [-0.3, -0.25) is 14.7 Å². The summed E-state index contributed by atoms with van der Waals surface area (Å²) in [6.45, 7) is 3.75. The van der Waals surface area contributed by atoms with Crippen molar-refractivity contribution in [3.05, 3.63) is 28.5 Å². The Morgan fingerprint density at radius 1 is 1.60 bits per heavy atom. The van der Waals surface area contributed by atoms with Crippen molar-refractivity contribution in [1.29, 1.82) is 0 Å². The van der Waals surface area contributed by atoms with Crippen LogP contribution in [-0.4, -0.2) is 28.9 Å². The molecule has 1 amide bonds. The number of pyridine rings is 1. The van der Waals surface area contributed by atoms with Crippen LogP contribution in [-0.2, 0) is 11.3 Å². The van der Waals surface area contributed by atoms with Crippen LogP contribution in [0.4, 0.5) is 0 Å². The molecular weight excluding hydrogens is 258 g/mol. The number of nitrogens with zero attached hydrogens (tertiary/aromatic N) is 2. The topological polar surface area (TPSA) is 59.2 Å². The van der Waals surface area contributed by atoms with Crippen molar-refractivity contribution in [2.45, 2.75) is 13.5 Å². The number of hydrogen-bond donors (Lipinski definition) is 1. The molecule has 0 saturated carbocycles. The molecule has 0 unspecified atom stereocenters. The monoisotopic (exact) mass is 271 g/mol. The number of amides is 1. The predicted molar refractivity (Wildman–Crippen MR) is 62.1 cm³/mol. The van der Waals surface area contributed by atoms with E-state index in [4.69, 9.17) is 5.73 Å². The molecule has 2 N–H and O–H groups in total. The average molecular weight is 272 g/mol. The number of hydrogen-bond acceptors (Lipinski definition) is 3. The molecule has 1 aromatic rings. The lowest BCUT2D eigenvalue weighted by molar-refractivity contribution is -0.119. The molecule has 0 spiro atoms. The molecule has 82 valence electrons. The maximum Gasteiger partial charge on any atom is 0.231 e. The summed E-state index contributed by atoms with van der Waals surface area (Å²) in [5.41, 5.74) is 6.21. The fourth-order valence-electron chi connectivity index (χ4n) is 1.30. The standard InChI is InChI=1S/C10H14BrN3O/c1-2-14(7-10(12)15)6-8-3-9(11)5-13-4-8/h3-5H,2,6-7H2,1H3,(H2,12,15). The van der Waals surface area contributed by atoms with Gasteiger partial charge in [0.15, 0.2) is 0 Å². The zero-order chi connectivity index (χ0) is 11.3. The van der Waals surface area contributed by atoms with Gasteiger partial charge in [-0.1, -0.05) is 6.92 Å². The Kier molecular flexibility index (Phi) is 4.71. The lowest BCUT2D eigenvalue weighted by Crippen LogP contribution is -2.33. The number of carbonyl (C=O) groups excluding carboxylic acids is 1. The van der Waals surface area contributed by atoms with Crippen LogP contribution in [0.25, 0.3) is 0 Å². The van der Waals surface area contributed by atoms with E-state index in [0.29, 0.717) is 6.54 Å². The van der Waals surface area contributed by atoms with Crippen molar-refractivity contribution < 1.29 is 4.79 Å². The van der Waals surface area contributed by atoms with Gasteiger partial charge in [0.05, 0.1) is 6.54 Å². The molecule has 0 fully saturated rings. The molecule has 0 aromatic carbocycles. The molecule has 0 aliphatic carbocycles. The Morgan fingerprint density at radius 2 is 2.33 bits per heavy atom. The van der Waals surface area contributed by atoms with Crippen LogP contribution in [0.5, 0.6) is 0 Å². The van der Waals surface area contributed by atoms with E-state index in [1.807, 2.05) is 17.9 Å². The number of primary amides is 1. The van der Waals surface area contributed by atoms with Crippen LogP contribution in [0.1, 0.15) is 12.5 Å². The number of rotatable bonds is 5. The zero-order valence-corrected chi connectivity index (χ0v) is 10.2. The fraction of sp³-hybridized carbons (Fsp3) is 0.400. The first kappa shape index (κ1) is 12.1. The molecule has 0 atom stereocenters. The van der Waals surface area contributed by atoms with E-state index >= 15 is 0 Å². The van der Waals surface area contributed by atoms with Gasteiger partial charge in [-0.2, -0.15) is 0 Å². The SMILES string of the molecule is CCN(CC(N)=O)Cc1cncc(Br)c1. The van der Waals surface area contributed by atoms with Crippen LogP contribution in [0.2, 0.25) is 0 Å². The van der Waals surface area contributed by atoms with Gasteiger partial charge in [0.25, 0.3) is 0 Å². The van der Waals surface area contributed by atoms with Gasteiger partial charge < -0.3 is 5.73 Å². The third-order valence-corrected chi connectivity index (χ3v) is 2.43. The van der Waals surface area contributed by atoms with E-state index < -0.39 is 0 Å². The van der Waals surface area contributed by atoms with Gasteiger partial charge >= 0.3 is 0 Å². The molecule has 4 nitrogen and oxygen atoms in total. The highest BCUT2D eigenvalue weighted by molar-refractivity contribution is 9.10. The summed E-state index contributed by atoms with van der Waals surface area (Å²) in [7, 11) is 0. The summed E-state index contributed by atoms with van der Waals surface area (Å²) in [5.74, 6) is -0.306. The molecule has 1 heterocycles. The zero-order valence-electron chi connectivity index (χ0n) is 8.61. The van der Waals surface area contributed by atoms with Crippen molar-refractivity contribution in [1.82, 2.24) is 9.88 Å². The molecule has 15 heavy (non-hydrogen) atoms. The number of nitrogens with two attached hydrogens (primary N) is 1. The quantitative estimate of drug-likeness (QED) is 0.874. The first-order valence-corrected chi connectivity index (χ1v) is 5.51. The van der Waals surface area contributed by atoms with Crippen molar-refractivity contribution in [2.24, 2.45) is 5.73 Å². The smallest absolute Gasteiger partial charge is 0.231 e. The third kappa shape index (κ3) is 4.40. The number of carbonyl (C=O) groups is 1. The predicted octanol–water partition coefficient (Wildman–Crippen LogP) is 1.15. The Labute approximate surface area is 97.6 Å². The van der Waals surface area contributed by atoms with Gasteiger partial charge in [-0.05, 0) is 34.1 Å². The molecular formula is C10H14BrN3O. The highest BCUT2D eigenvalue weighted by Crippen LogP contribution is 2.11. The lowest BCUT2D eigenvalue weighted by atomic mass is 10.2. The number of likely N-dealkylation sites (N-methyl/N-ethyl adjacent to an activating group) is 1. The van der Waals surface area contributed by atoms with Crippen molar-refractivity contribution >= 4 is 21.8 Å². The molecule has 0 aliphatic rings. The first-order valence-electron chi connectivity index (χ1n) is 4.72. The maximum absolute atomic E-state index is 10.8. The molecule has 0 aliphatic heterocycles. The van der Waals surface area contributed by atoms with Crippen molar-refractivity contribution in [3.63, 3.8) is 0 Å². The summed E-state index contributed by atoms with van der Waals surface area (Å²) < 4.78 is 0.940. The number of aromatic nitrogens is 1. The largest absolute Gasteiger partial charge is 0.369 e. The summed E-state index contributed by atoms with van der Waals surface area (Å²) in [6.07, 6.45) is 3.52. The van der Waals surface area contributed by atoms with Gasteiger partial charge in [0, 0.05) is 23.4 Å². The van der Waals surface area contributed by atoms with Crippen LogP contribution in [0.3, 0.4) is 0 Å². The van der Waals surface area contributed by atoms with E-state index in [2.05, 4.69) is 20.9 Å². The first-order chi connectivity index (χ1) is 7.11. The van der Waals surface area contributed by atoms with E-state index in [1.54, 1.807) is 12.4 Å². The van der Waals surface area contributed by atoms with E-state index in [9.17, 15) is 4.79 Å². The summed E-state index contributed by atoms with van der Waals surface area (Å²) in [4.78, 5) is 16.8. The Balaban J connectivity index is 2.62. The average Bonchev–Trinajstić information content (AvgIpc) is 2.16. The summed E-state index contributed by atoms with van der Waals surface area (Å²) in [5, 5.41) is 0. The normalized spacial score (nSPS) is 10.6. The van der Waals surface area contributed by atoms with Crippen LogP contribution in [0.15, 0.2) is 22.9 Å². The summed E-state index contributed by atoms with van der Waals surface area (Å²) in [6, 6.07) is 1.98. The molecule has 0 radical (unpaired) electrons. The highest BCUT2D eigenvalue weighted by Gasteiger charge is 2.07. The van der Waals surface area contributed by atoms with Crippen LogP contribution in [0, 0.1) is 0 Å². The Bertz CT molecular complexity index is 343. The third-order valence-electron chi connectivity index (χ3n) is 1.99. The van der Waals surface area contributed by atoms with Crippen LogP contribution < -0.4 is 5.73 Å². The molecule has 1 rings (SSSR count). The van der Waals surface area contributed by atoms with Gasteiger partial charge in [0.1, 0.15) is 0 Å². The minimum atomic E-state index is -0.306. The van der Waals surface area contributed by atoms with Gasteiger partial charge in [0.2, 0.25) is 5.91 Å². The fourth-order valence-corrected chi connectivity index (χ4v) is 1.71. The lowest BCUT2D eigenvalue weighted by Gasteiger charge is -2.18. The molecule has 0 bridgehead atoms. The minimum absolute atomic E-state index is 0.281. The second-order valence-corrected chi connectivity index (χ2v) is 4.20. The number of halogens is 1. The molecule has 1 aromatic heterocycles. The van der Waals surface area contributed by atoms with Crippen LogP contribution >= 0.6 is 15.9 Å². The second-order valence-electron chi connectivity index (χ2n) is 3.28. The minimum Gasteiger partial charge on any atom is -0.369 e. The Hall–Kier alpha value is -0.940. The second kappa shape index (κ2) is 5.82. The maximum atomic E-state index is 10.8. The van der Waals surface area contributed by atoms with Gasteiger partial charge in [-0.15, -0.1) is 0 Å². The van der Waals surface area contributed by atoms with E-state index in [0.717, 1.165) is 16.6 Å². The van der Waals surface area contributed by atoms with Crippen molar-refractivity contribution in [3.8, 4) is 0 Å². The van der Waals surface area contributed by atoms with E-state index in [1.165, 1.54) is 0 Å². The van der Waals surface area contributed by atoms with Gasteiger partial charge in [-0.25, -0.2) is 0 Å². The van der Waals surface area contributed by atoms with Crippen molar-refractivity contribution in [2.75, 3.05) is 13.1 Å². The highest BCUT2D eigenvalue weighted by atomic mass is 79.9. The summed E-state index contributed by atoms with van der Waals surface area (Å²) >= 11 is 3.35. The molecule has 0 saturated heterocycles.